The number of hydrogen-bond acceptors (Lipinski definition) is 7. The first-order chi connectivity index (χ1) is 11.9. The second-order valence-corrected chi connectivity index (χ2v) is 8.33. The highest BCUT2D eigenvalue weighted by molar-refractivity contribution is 7.54. The smallest absolute Gasteiger partial charge is 0.359 e. The molecule has 1 spiro atoms. The van der Waals surface area contributed by atoms with Crippen molar-refractivity contribution in [3.05, 3.63) is 33.1 Å². The molecule has 3 heterocycles. The van der Waals surface area contributed by atoms with Crippen LogP contribution in [-0.4, -0.2) is 40.8 Å². The maximum Gasteiger partial charge on any atom is 0.359 e. The molecule has 3 atom stereocenters. The Morgan fingerprint density at radius 2 is 2.08 bits per heavy atom. The lowest BCUT2D eigenvalue weighted by atomic mass is 10.00. The maximum atomic E-state index is 12.9. The van der Waals surface area contributed by atoms with E-state index in [1.54, 1.807) is 13.8 Å². The Morgan fingerprint density at radius 1 is 1.36 bits per heavy atom. The summed E-state index contributed by atoms with van der Waals surface area (Å²) in [5.41, 5.74) is -1.60. The molecule has 10 heteroatoms. The van der Waals surface area contributed by atoms with E-state index >= 15 is 0 Å². The van der Waals surface area contributed by atoms with Crippen molar-refractivity contribution < 1.29 is 23.1 Å². The van der Waals surface area contributed by atoms with Crippen molar-refractivity contribution >= 4 is 7.60 Å². The molecule has 0 unspecified atom stereocenters. The van der Waals surface area contributed by atoms with Gasteiger partial charge in [-0.15, -0.1) is 0 Å². The molecular weight excluding hydrogens is 351 g/mol. The molecule has 0 saturated carbocycles. The van der Waals surface area contributed by atoms with Gasteiger partial charge in [0.25, 0.3) is 5.56 Å². The largest absolute Gasteiger partial charge is 0.362 e. The number of H-pyrrole nitrogens is 1. The van der Waals surface area contributed by atoms with Crippen LogP contribution < -0.4 is 11.2 Å². The van der Waals surface area contributed by atoms with E-state index in [9.17, 15) is 14.2 Å². The first-order valence-electron chi connectivity index (χ1n) is 8.41. The van der Waals surface area contributed by atoms with Gasteiger partial charge in [0, 0.05) is 18.7 Å². The fraction of sp³-hybridized carbons (Fsp3) is 0.733. The molecule has 3 rings (SSSR count). The fourth-order valence-electron chi connectivity index (χ4n) is 3.35. The van der Waals surface area contributed by atoms with E-state index < -0.39 is 36.5 Å². The third-order valence-corrected chi connectivity index (χ3v) is 6.72. The zero-order valence-corrected chi connectivity index (χ0v) is 15.2. The van der Waals surface area contributed by atoms with Crippen molar-refractivity contribution in [2.24, 2.45) is 0 Å². The molecule has 140 valence electrons. The predicted molar refractivity (Wildman–Crippen MR) is 88.6 cm³/mol. The third kappa shape index (κ3) is 3.66. The van der Waals surface area contributed by atoms with Gasteiger partial charge in [-0.1, -0.05) is 0 Å². The SMILES string of the molecule is CCOP(=O)(OCC)[C@H]1C[C@@]2(CC[C@H](n3ccc(=O)[nH]c3=O)O2)CO1. The Hall–Kier alpha value is -1.25. The zero-order chi connectivity index (χ0) is 18.1. The number of aromatic amines is 1. The van der Waals surface area contributed by atoms with Gasteiger partial charge in [0.2, 0.25) is 0 Å². The fourth-order valence-corrected chi connectivity index (χ4v) is 5.29. The van der Waals surface area contributed by atoms with Gasteiger partial charge in [-0.05, 0) is 26.7 Å². The van der Waals surface area contributed by atoms with E-state index in [2.05, 4.69) is 4.98 Å². The van der Waals surface area contributed by atoms with Gasteiger partial charge >= 0.3 is 13.3 Å². The van der Waals surface area contributed by atoms with Crippen LogP contribution in [0.3, 0.4) is 0 Å². The predicted octanol–water partition coefficient (Wildman–Crippen LogP) is 1.60. The molecule has 0 aliphatic carbocycles. The molecule has 2 aliphatic heterocycles. The first kappa shape index (κ1) is 18.5. The molecule has 2 aliphatic rings. The third-order valence-electron chi connectivity index (χ3n) is 4.45. The highest BCUT2D eigenvalue weighted by atomic mass is 31.2. The minimum Gasteiger partial charge on any atom is -0.362 e. The van der Waals surface area contributed by atoms with Crippen molar-refractivity contribution in [1.29, 1.82) is 0 Å². The van der Waals surface area contributed by atoms with Crippen molar-refractivity contribution in [3.8, 4) is 0 Å². The van der Waals surface area contributed by atoms with Gasteiger partial charge in [0.15, 0.2) is 5.85 Å². The van der Waals surface area contributed by atoms with Crippen LogP contribution in [0.4, 0.5) is 0 Å². The number of rotatable bonds is 6. The molecule has 1 N–H and O–H groups in total. The highest BCUT2D eigenvalue weighted by Gasteiger charge is 2.53. The summed E-state index contributed by atoms with van der Waals surface area (Å²) in [4.78, 5) is 25.3. The quantitative estimate of drug-likeness (QED) is 0.753. The van der Waals surface area contributed by atoms with Crippen LogP contribution >= 0.6 is 7.60 Å². The Labute approximate surface area is 144 Å². The highest BCUT2D eigenvalue weighted by Crippen LogP contribution is 2.60. The standard InChI is InChI=1S/C15H23N2O7P/c1-3-22-25(20,23-4-2)13-9-15(10-21-13)7-5-12(24-15)17-8-6-11(18)16-14(17)19/h6,8,12-13H,3-5,7,9-10H2,1-2H3,(H,16,18,19)/t12-,13+,15+/m1/s1. The van der Waals surface area contributed by atoms with Crippen LogP contribution in [0.25, 0.3) is 0 Å². The molecule has 0 bridgehead atoms. The van der Waals surface area contributed by atoms with E-state index in [1.807, 2.05) is 0 Å². The molecule has 0 aromatic carbocycles. The molecule has 1 aromatic rings. The second-order valence-electron chi connectivity index (χ2n) is 6.16. The molecule has 25 heavy (non-hydrogen) atoms. The molecule has 0 radical (unpaired) electrons. The number of hydrogen-bond donors (Lipinski definition) is 1. The van der Waals surface area contributed by atoms with Crippen LogP contribution in [0.2, 0.25) is 0 Å². The van der Waals surface area contributed by atoms with E-state index in [1.165, 1.54) is 16.8 Å². The van der Waals surface area contributed by atoms with Gasteiger partial charge in [0.1, 0.15) is 6.23 Å². The van der Waals surface area contributed by atoms with E-state index in [-0.39, 0.29) is 19.8 Å². The maximum absolute atomic E-state index is 12.9. The monoisotopic (exact) mass is 374 g/mol. The van der Waals surface area contributed by atoms with Crippen molar-refractivity contribution in [2.45, 2.75) is 50.8 Å². The van der Waals surface area contributed by atoms with E-state index in [0.29, 0.717) is 19.3 Å². The first-order valence-corrected chi connectivity index (χ1v) is 10.0. The summed E-state index contributed by atoms with van der Waals surface area (Å²) < 4.78 is 36.7. The number of nitrogens with zero attached hydrogens (tertiary/aromatic N) is 1. The molecule has 2 saturated heterocycles. The van der Waals surface area contributed by atoms with Crippen LogP contribution in [0.1, 0.15) is 39.3 Å². The zero-order valence-electron chi connectivity index (χ0n) is 14.3. The average Bonchev–Trinajstić information content (AvgIpc) is 3.16. The normalized spacial score (nSPS) is 29.5. The average molecular weight is 374 g/mol. The van der Waals surface area contributed by atoms with Crippen LogP contribution in [0.5, 0.6) is 0 Å². The van der Waals surface area contributed by atoms with Gasteiger partial charge < -0.3 is 18.5 Å². The second kappa shape index (κ2) is 7.17. The molecule has 9 nitrogen and oxygen atoms in total. The lowest BCUT2D eigenvalue weighted by Gasteiger charge is -2.25. The van der Waals surface area contributed by atoms with Crippen LogP contribution in [0.15, 0.2) is 21.9 Å². The van der Waals surface area contributed by atoms with Gasteiger partial charge in [0.05, 0.1) is 25.4 Å². The van der Waals surface area contributed by atoms with Crippen molar-refractivity contribution in [3.63, 3.8) is 0 Å². The molecular formula is C15H23N2O7P. The number of nitrogens with one attached hydrogen (secondary N) is 1. The topological polar surface area (TPSA) is 109 Å². The minimum atomic E-state index is -3.37. The van der Waals surface area contributed by atoms with Crippen LogP contribution in [0, 0.1) is 0 Å². The summed E-state index contributed by atoms with van der Waals surface area (Å²) in [6.07, 6.45) is 2.54. The molecule has 2 fully saturated rings. The van der Waals surface area contributed by atoms with E-state index in [0.717, 1.165) is 0 Å². The number of aromatic nitrogens is 2. The Balaban J connectivity index is 1.74. The summed E-state index contributed by atoms with van der Waals surface area (Å²) in [7, 11) is -3.37. The lowest BCUT2D eigenvalue weighted by Crippen LogP contribution is -2.34. The Morgan fingerprint density at radius 3 is 2.72 bits per heavy atom. The van der Waals surface area contributed by atoms with E-state index in [4.69, 9.17) is 18.5 Å². The van der Waals surface area contributed by atoms with Gasteiger partial charge in [-0.2, -0.15) is 0 Å². The minimum absolute atomic E-state index is 0.260. The lowest BCUT2D eigenvalue weighted by molar-refractivity contribution is -0.0751. The Bertz CT molecular complexity index is 766. The van der Waals surface area contributed by atoms with Crippen molar-refractivity contribution in [2.75, 3.05) is 19.8 Å². The summed E-state index contributed by atoms with van der Waals surface area (Å²) in [6.45, 7) is 4.29. The van der Waals surface area contributed by atoms with Crippen molar-refractivity contribution in [1.82, 2.24) is 9.55 Å². The van der Waals surface area contributed by atoms with Gasteiger partial charge in [-0.3, -0.25) is 18.9 Å². The summed E-state index contributed by atoms with van der Waals surface area (Å²) >= 11 is 0. The summed E-state index contributed by atoms with van der Waals surface area (Å²) in [6, 6.07) is 1.28. The van der Waals surface area contributed by atoms with Crippen LogP contribution in [-0.2, 0) is 23.1 Å². The number of ether oxygens (including phenoxy) is 2. The Kier molecular flexibility index (Phi) is 5.31. The molecule has 0 amide bonds. The summed E-state index contributed by atoms with van der Waals surface area (Å²) in [5.74, 6) is -0.682. The summed E-state index contributed by atoms with van der Waals surface area (Å²) in [5, 5.41) is 0. The molecule has 1 aromatic heterocycles. The van der Waals surface area contributed by atoms with Gasteiger partial charge in [-0.25, -0.2) is 4.79 Å².